The Morgan fingerprint density at radius 2 is 1.61 bits per heavy atom. The van der Waals surface area contributed by atoms with Crippen LogP contribution >= 0.6 is 23.2 Å². The van der Waals surface area contributed by atoms with E-state index >= 15 is 0 Å². The largest absolute Gasteiger partial charge is 0.465 e. The summed E-state index contributed by atoms with van der Waals surface area (Å²) >= 11 is 12.1. The van der Waals surface area contributed by atoms with Gasteiger partial charge in [-0.25, -0.2) is 0 Å². The first kappa shape index (κ1) is 21.7. The summed E-state index contributed by atoms with van der Waals surface area (Å²) in [6, 6.07) is 14.9. The van der Waals surface area contributed by atoms with Crippen molar-refractivity contribution < 1.29 is 14.3 Å². The molecule has 3 atom stereocenters. The number of benzene rings is 2. The molecule has 2 aliphatic rings. The third kappa shape index (κ3) is 4.28. The van der Waals surface area contributed by atoms with Crippen molar-refractivity contribution in [2.24, 2.45) is 5.92 Å². The van der Waals surface area contributed by atoms with E-state index in [1.54, 1.807) is 19.1 Å². The fourth-order valence-corrected chi connectivity index (χ4v) is 4.81. The molecule has 3 unspecified atom stereocenters. The van der Waals surface area contributed by atoms with Gasteiger partial charge < -0.3 is 10.1 Å². The zero-order valence-electron chi connectivity index (χ0n) is 17.2. The Labute approximate surface area is 191 Å². The van der Waals surface area contributed by atoms with Crippen molar-refractivity contribution in [1.29, 1.82) is 0 Å². The molecule has 1 aliphatic heterocycles. The van der Waals surface area contributed by atoms with E-state index in [9.17, 15) is 9.59 Å². The van der Waals surface area contributed by atoms with Crippen LogP contribution in [0, 0.1) is 5.92 Å². The summed E-state index contributed by atoms with van der Waals surface area (Å²) < 4.78 is 5.33. The molecule has 0 saturated carbocycles. The van der Waals surface area contributed by atoms with E-state index in [-0.39, 0.29) is 24.3 Å². The number of ether oxygens (including phenoxy) is 1. The Kier molecular flexibility index (Phi) is 6.22. The number of Topliss-reactive ketones (excluding diaryl/α,β-unsaturated/α-hetero) is 1. The van der Waals surface area contributed by atoms with Crippen molar-refractivity contribution in [2.45, 2.75) is 31.6 Å². The number of carbonyl (C=O) groups excluding carboxylic acids is 2. The number of hydrogen-bond acceptors (Lipinski definition) is 4. The number of allylic oxidation sites excluding steroid dienone is 2. The topological polar surface area (TPSA) is 55.4 Å². The number of nitrogens with one attached hydrogen (secondary N) is 1. The van der Waals surface area contributed by atoms with Crippen molar-refractivity contribution >= 4 is 35.0 Å². The minimum Gasteiger partial charge on any atom is -0.465 e. The maximum Gasteiger partial charge on any atom is 0.315 e. The summed E-state index contributed by atoms with van der Waals surface area (Å²) in [7, 11) is 0. The number of hydrogen-bond donors (Lipinski definition) is 1. The van der Waals surface area contributed by atoms with E-state index in [1.807, 2.05) is 36.4 Å². The Morgan fingerprint density at radius 3 is 2.19 bits per heavy atom. The summed E-state index contributed by atoms with van der Waals surface area (Å²) in [5.41, 5.74) is 3.91. The maximum atomic E-state index is 13.4. The van der Waals surface area contributed by atoms with Crippen LogP contribution in [0.3, 0.4) is 0 Å². The Morgan fingerprint density at radius 1 is 1.03 bits per heavy atom. The molecule has 2 aromatic carbocycles. The van der Waals surface area contributed by atoms with Crippen LogP contribution < -0.4 is 5.32 Å². The van der Waals surface area contributed by atoms with Crippen molar-refractivity contribution in [1.82, 2.24) is 5.32 Å². The molecule has 0 radical (unpaired) electrons. The van der Waals surface area contributed by atoms with E-state index in [0.29, 0.717) is 34.2 Å². The fourth-order valence-electron chi connectivity index (χ4n) is 4.56. The molecule has 0 aromatic heterocycles. The van der Waals surface area contributed by atoms with Crippen molar-refractivity contribution in [3.05, 3.63) is 93.2 Å². The van der Waals surface area contributed by atoms with E-state index in [0.717, 1.165) is 16.8 Å². The van der Waals surface area contributed by atoms with Gasteiger partial charge in [-0.2, -0.15) is 0 Å². The quantitative estimate of drug-likeness (QED) is 0.594. The first-order valence-electron chi connectivity index (χ1n) is 10.3. The Hall–Kier alpha value is -2.56. The summed E-state index contributed by atoms with van der Waals surface area (Å²) in [5, 5.41) is 4.53. The van der Waals surface area contributed by atoms with Gasteiger partial charge in [-0.3, -0.25) is 9.59 Å². The molecule has 1 aliphatic carbocycles. The highest BCUT2D eigenvalue weighted by Crippen LogP contribution is 2.47. The zero-order chi connectivity index (χ0) is 22.1. The standard InChI is InChI=1S/C25H23Cl2NO3/c1-3-31-25(30)22-14(2)28-20-12-17(15-4-8-18(26)9-5-15)13-21(29)24(20)23(22)16-6-10-19(27)11-7-16/h4-11,17,22-23,28H,2-3,12-13H2,1H3. The summed E-state index contributed by atoms with van der Waals surface area (Å²) in [6.45, 7) is 6.14. The first-order valence-corrected chi connectivity index (χ1v) is 11.0. The van der Waals surface area contributed by atoms with Crippen LogP contribution in [0.1, 0.15) is 42.7 Å². The van der Waals surface area contributed by atoms with Gasteiger partial charge in [-0.1, -0.05) is 54.0 Å². The minimum atomic E-state index is -0.684. The second-order valence-corrected chi connectivity index (χ2v) is 8.75. The van der Waals surface area contributed by atoms with Gasteiger partial charge in [0.05, 0.1) is 6.61 Å². The number of halogens is 2. The molecule has 31 heavy (non-hydrogen) atoms. The van der Waals surface area contributed by atoms with Gasteiger partial charge in [0.25, 0.3) is 0 Å². The molecule has 4 nitrogen and oxygen atoms in total. The van der Waals surface area contributed by atoms with E-state index in [2.05, 4.69) is 11.9 Å². The van der Waals surface area contributed by atoms with Gasteiger partial charge in [0, 0.05) is 39.4 Å². The van der Waals surface area contributed by atoms with Crippen LogP contribution in [-0.4, -0.2) is 18.4 Å². The van der Waals surface area contributed by atoms with Gasteiger partial charge >= 0.3 is 5.97 Å². The second-order valence-electron chi connectivity index (χ2n) is 7.88. The van der Waals surface area contributed by atoms with Crippen LogP contribution in [0.5, 0.6) is 0 Å². The minimum absolute atomic E-state index is 0.0236. The van der Waals surface area contributed by atoms with Crippen molar-refractivity contribution in [2.75, 3.05) is 6.61 Å². The molecule has 4 rings (SSSR count). The third-order valence-electron chi connectivity index (χ3n) is 5.95. The molecule has 0 amide bonds. The molecule has 0 spiro atoms. The smallest absolute Gasteiger partial charge is 0.315 e. The third-order valence-corrected chi connectivity index (χ3v) is 6.45. The van der Waals surface area contributed by atoms with Gasteiger partial charge in [0.15, 0.2) is 5.78 Å². The Balaban J connectivity index is 1.78. The molecule has 0 bridgehead atoms. The number of carbonyl (C=O) groups is 2. The SMILES string of the molecule is C=C1NC2=C(C(=O)CC(c3ccc(Cl)cc3)C2)C(c2ccc(Cl)cc2)C1C(=O)OCC. The summed E-state index contributed by atoms with van der Waals surface area (Å²) in [5.74, 6) is -1.47. The monoisotopic (exact) mass is 455 g/mol. The van der Waals surface area contributed by atoms with Crippen molar-refractivity contribution in [3.8, 4) is 0 Å². The average molecular weight is 456 g/mol. The molecular formula is C25H23Cl2NO3. The molecule has 0 fully saturated rings. The molecule has 1 heterocycles. The van der Waals surface area contributed by atoms with E-state index in [4.69, 9.17) is 27.9 Å². The number of esters is 1. The van der Waals surface area contributed by atoms with Gasteiger partial charge in [-0.15, -0.1) is 0 Å². The molecule has 2 aromatic rings. The van der Waals surface area contributed by atoms with Gasteiger partial charge in [-0.05, 0) is 54.7 Å². The molecule has 1 N–H and O–H groups in total. The highest BCUT2D eigenvalue weighted by molar-refractivity contribution is 6.30. The highest BCUT2D eigenvalue weighted by Gasteiger charge is 2.45. The van der Waals surface area contributed by atoms with Crippen LogP contribution in [0.25, 0.3) is 0 Å². The second kappa shape index (κ2) is 8.89. The van der Waals surface area contributed by atoms with Crippen LogP contribution in [0.15, 0.2) is 72.1 Å². The van der Waals surface area contributed by atoms with Crippen LogP contribution in [-0.2, 0) is 14.3 Å². The predicted molar refractivity (Wildman–Crippen MR) is 122 cm³/mol. The summed E-state index contributed by atoms with van der Waals surface area (Å²) in [6.07, 6.45) is 1.02. The van der Waals surface area contributed by atoms with Gasteiger partial charge in [0.1, 0.15) is 5.92 Å². The highest BCUT2D eigenvalue weighted by atomic mass is 35.5. The lowest BCUT2D eigenvalue weighted by Gasteiger charge is -2.40. The van der Waals surface area contributed by atoms with Crippen LogP contribution in [0.2, 0.25) is 10.0 Å². The number of rotatable bonds is 4. The van der Waals surface area contributed by atoms with Crippen LogP contribution in [0.4, 0.5) is 0 Å². The molecule has 0 saturated heterocycles. The lowest BCUT2D eigenvalue weighted by atomic mass is 9.69. The molecule has 160 valence electrons. The predicted octanol–water partition coefficient (Wildman–Crippen LogP) is 5.77. The number of ketones is 1. The fraction of sp³-hybridized carbons (Fsp3) is 0.280. The zero-order valence-corrected chi connectivity index (χ0v) is 18.7. The normalized spacial score (nSPS) is 23.3. The average Bonchev–Trinajstić information content (AvgIpc) is 2.74. The first-order chi connectivity index (χ1) is 14.9. The van der Waals surface area contributed by atoms with Crippen molar-refractivity contribution in [3.63, 3.8) is 0 Å². The molecule has 6 heteroatoms. The molecular weight excluding hydrogens is 433 g/mol. The lowest BCUT2D eigenvalue weighted by Crippen LogP contribution is -2.42. The van der Waals surface area contributed by atoms with Gasteiger partial charge in [0.2, 0.25) is 0 Å². The lowest BCUT2D eigenvalue weighted by molar-refractivity contribution is -0.147. The summed E-state index contributed by atoms with van der Waals surface area (Å²) in [4.78, 5) is 26.3. The maximum absolute atomic E-state index is 13.4. The van der Waals surface area contributed by atoms with E-state index < -0.39 is 11.8 Å². The Bertz CT molecular complexity index is 1060. The van der Waals surface area contributed by atoms with E-state index in [1.165, 1.54) is 0 Å².